The molecular weight excluding hydrogens is 256 g/mol. The minimum Gasteiger partial charge on any atom is -0.380 e. The van der Waals surface area contributed by atoms with Crippen molar-refractivity contribution in [2.45, 2.75) is 39.5 Å². The van der Waals surface area contributed by atoms with Gasteiger partial charge < -0.3 is 10.1 Å². The van der Waals surface area contributed by atoms with Gasteiger partial charge in [0.25, 0.3) is 0 Å². The van der Waals surface area contributed by atoms with Crippen LogP contribution in [-0.2, 0) is 17.8 Å². The Morgan fingerprint density at radius 2 is 2.21 bits per heavy atom. The standard InChI is InChI=1S/C15H26N2OS/c1-12(2)8-16-9-14-4-5-15(19-14)11-17-7-6-13(10-17)18-3/h4-5,12-13,16H,6-11H2,1-3H3. The predicted octanol–water partition coefficient (Wildman–Crippen LogP) is 2.71. The van der Waals surface area contributed by atoms with Crippen LogP contribution in [0.1, 0.15) is 30.0 Å². The Morgan fingerprint density at radius 1 is 1.42 bits per heavy atom. The molecule has 0 bridgehead atoms. The molecule has 0 radical (unpaired) electrons. The first-order chi connectivity index (χ1) is 9.17. The van der Waals surface area contributed by atoms with Crippen LogP contribution in [0.2, 0.25) is 0 Å². The Labute approximate surface area is 121 Å². The molecule has 108 valence electrons. The van der Waals surface area contributed by atoms with Crippen molar-refractivity contribution >= 4 is 11.3 Å². The molecule has 3 nitrogen and oxygen atoms in total. The summed E-state index contributed by atoms with van der Waals surface area (Å²) in [6, 6.07) is 4.54. The molecule has 1 aromatic heterocycles. The SMILES string of the molecule is COC1CCN(Cc2ccc(CNCC(C)C)s2)C1. The molecule has 2 rings (SSSR count). The zero-order valence-electron chi connectivity index (χ0n) is 12.3. The van der Waals surface area contributed by atoms with Crippen molar-refractivity contribution in [2.24, 2.45) is 5.92 Å². The van der Waals surface area contributed by atoms with E-state index in [-0.39, 0.29) is 0 Å². The summed E-state index contributed by atoms with van der Waals surface area (Å²) in [5.41, 5.74) is 0. The van der Waals surface area contributed by atoms with Crippen LogP contribution in [0.15, 0.2) is 12.1 Å². The average Bonchev–Trinajstić information content (AvgIpc) is 2.99. The van der Waals surface area contributed by atoms with Crippen LogP contribution < -0.4 is 5.32 Å². The largest absolute Gasteiger partial charge is 0.380 e. The second kappa shape index (κ2) is 7.39. The van der Waals surface area contributed by atoms with Gasteiger partial charge in [0.2, 0.25) is 0 Å². The van der Waals surface area contributed by atoms with Gasteiger partial charge in [0.1, 0.15) is 0 Å². The fourth-order valence-electron chi connectivity index (χ4n) is 2.44. The Bertz CT molecular complexity index is 378. The van der Waals surface area contributed by atoms with Gasteiger partial charge >= 0.3 is 0 Å². The van der Waals surface area contributed by atoms with Crippen molar-refractivity contribution in [1.29, 1.82) is 0 Å². The maximum atomic E-state index is 5.41. The second-order valence-corrected chi connectivity index (χ2v) is 7.03. The number of nitrogens with one attached hydrogen (secondary N) is 1. The summed E-state index contributed by atoms with van der Waals surface area (Å²) in [7, 11) is 1.82. The van der Waals surface area contributed by atoms with Gasteiger partial charge in [0, 0.05) is 43.0 Å². The molecule has 4 heteroatoms. The summed E-state index contributed by atoms with van der Waals surface area (Å²) in [5.74, 6) is 0.718. The van der Waals surface area contributed by atoms with Crippen molar-refractivity contribution in [3.8, 4) is 0 Å². The molecule has 0 amide bonds. The number of hydrogen-bond acceptors (Lipinski definition) is 4. The van der Waals surface area contributed by atoms with Crippen LogP contribution in [-0.4, -0.2) is 37.7 Å². The third-order valence-electron chi connectivity index (χ3n) is 3.51. The van der Waals surface area contributed by atoms with E-state index in [0.29, 0.717) is 6.10 Å². The molecule has 0 saturated carbocycles. The fourth-order valence-corrected chi connectivity index (χ4v) is 3.47. The summed E-state index contributed by atoms with van der Waals surface area (Å²) in [5, 5.41) is 3.50. The van der Waals surface area contributed by atoms with E-state index in [1.54, 1.807) is 0 Å². The van der Waals surface area contributed by atoms with Crippen LogP contribution in [0.3, 0.4) is 0 Å². The lowest BCUT2D eigenvalue weighted by atomic mass is 10.2. The maximum absolute atomic E-state index is 5.41. The highest BCUT2D eigenvalue weighted by Gasteiger charge is 2.22. The van der Waals surface area contributed by atoms with Crippen molar-refractivity contribution < 1.29 is 4.74 Å². The minimum atomic E-state index is 0.437. The van der Waals surface area contributed by atoms with Crippen LogP contribution in [0.4, 0.5) is 0 Å². The quantitative estimate of drug-likeness (QED) is 0.832. The van der Waals surface area contributed by atoms with E-state index in [9.17, 15) is 0 Å². The molecule has 1 N–H and O–H groups in total. The first kappa shape index (κ1) is 15.0. The molecule has 0 aromatic carbocycles. The number of likely N-dealkylation sites (tertiary alicyclic amines) is 1. The van der Waals surface area contributed by atoms with Gasteiger partial charge in [0.05, 0.1) is 6.10 Å². The highest BCUT2D eigenvalue weighted by molar-refractivity contribution is 7.11. The van der Waals surface area contributed by atoms with E-state index in [2.05, 4.69) is 36.2 Å². The Hall–Kier alpha value is -0.420. The zero-order chi connectivity index (χ0) is 13.7. The number of rotatable bonds is 7. The number of ether oxygens (including phenoxy) is 1. The average molecular weight is 282 g/mol. The molecular formula is C15H26N2OS. The molecule has 1 aromatic rings. The normalized spacial score (nSPS) is 20.5. The van der Waals surface area contributed by atoms with Gasteiger partial charge in [-0.15, -0.1) is 11.3 Å². The van der Waals surface area contributed by atoms with E-state index >= 15 is 0 Å². The van der Waals surface area contributed by atoms with Crippen molar-refractivity contribution in [1.82, 2.24) is 10.2 Å². The number of nitrogens with zero attached hydrogens (tertiary/aromatic N) is 1. The Kier molecular flexibility index (Phi) is 5.82. The van der Waals surface area contributed by atoms with Gasteiger partial charge in [-0.25, -0.2) is 0 Å². The zero-order valence-corrected chi connectivity index (χ0v) is 13.1. The summed E-state index contributed by atoms with van der Waals surface area (Å²) in [6.45, 7) is 9.90. The van der Waals surface area contributed by atoms with Crippen LogP contribution in [0.25, 0.3) is 0 Å². The van der Waals surface area contributed by atoms with Crippen molar-refractivity contribution in [2.75, 3.05) is 26.7 Å². The van der Waals surface area contributed by atoms with Gasteiger partial charge in [0.15, 0.2) is 0 Å². The molecule has 1 fully saturated rings. The number of hydrogen-bond donors (Lipinski definition) is 1. The summed E-state index contributed by atoms with van der Waals surface area (Å²) < 4.78 is 5.41. The molecule has 1 saturated heterocycles. The van der Waals surface area contributed by atoms with E-state index < -0.39 is 0 Å². The van der Waals surface area contributed by atoms with Crippen LogP contribution >= 0.6 is 11.3 Å². The van der Waals surface area contributed by atoms with E-state index in [4.69, 9.17) is 4.74 Å². The molecule has 1 atom stereocenters. The molecule has 1 aliphatic rings. The molecule has 1 aliphatic heterocycles. The minimum absolute atomic E-state index is 0.437. The van der Waals surface area contributed by atoms with E-state index in [0.717, 1.165) is 38.6 Å². The smallest absolute Gasteiger partial charge is 0.0710 e. The first-order valence-corrected chi connectivity index (χ1v) is 8.02. The van der Waals surface area contributed by atoms with Crippen LogP contribution in [0, 0.1) is 5.92 Å². The molecule has 19 heavy (non-hydrogen) atoms. The van der Waals surface area contributed by atoms with Gasteiger partial charge in [-0.2, -0.15) is 0 Å². The highest BCUT2D eigenvalue weighted by Crippen LogP contribution is 2.21. The number of methoxy groups -OCH3 is 1. The summed E-state index contributed by atoms with van der Waals surface area (Å²) >= 11 is 1.94. The third kappa shape index (κ3) is 4.88. The number of thiophene rings is 1. The lowest BCUT2D eigenvalue weighted by Gasteiger charge is -2.14. The van der Waals surface area contributed by atoms with E-state index in [1.165, 1.54) is 16.2 Å². The third-order valence-corrected chi connectivity index (χ3v) is 4.58. The molecule has 0 aliphatic carbocycles. The predicted molar refractivity (Wildman–Crippen MR) is 81.6 cm³/mol. The fraction of sp³-hybridized carbons (Fsp3) is 0.733. The Balaban J connectivity index is 1.74. The van der Waals surface area contributed by atoms with Gasteiger partial charge in [-0.3, -0.25) is 4.90 Å². The van der Waals surface area contributed by atoms with E-state index in [1.807, 2.05) is 18.4 Å². The maximum Gasteiger partial charge on any atom is 0.0710 e. The second-order valence-electron chi connectivity index (χ2n) is 5.77. The molecule has 2 heterocycles. The highest BCUT2D eigenvalue weighted by atomic mass is 32.1. The lowest BCUT2D eigenvalue weighted by Crippen LogP contribution is -2.21. The Morgan fingerprint density at radius 3 is 2.89 bits per heavy atom. The summed E-state index contributed by atoms with van der Waals surface area (Å²) in [4.78, 5) is 5.40. The van der Waals surface area contributed by atoms with Crippen molar-refractivity contribution in [3.05, 3.63) is 21.9 Å². The molecule has 0 spiro atoms. The lowest BCUT2D eigenvalue weighted by molar-refractivity contribution is 0.107. The van der Waals surface area contributed by atoms with Crippen LogP contribution in [0.5, 0.6) is 0 Å². The van der Waals surface area contributed by atoms with Gasteiger partial charge in [-0.05, 0) is 31.0 Å². The molecule has 1 unspecified atom stereocenters. The van der Waals surface area contributed by atoms with Gasteiger partial charge in [-0.1, -0.05) is 13.8 Å². The van der Waals surface area contributed by atoms with Crippen molar-refractivity contribution in [3.63, 3.8) is 0 Å². The monoisotopic (exact) mass is 282 g/mol. The first-order valence-electron chi connectivity index (χ1n) is 7.21. The summed E-state index contributed by atoms with van der Waals surface area (Å²) in [6.07, 6.45) is 1.61. The topological polar surface area (TPSA) is 24.5 Å².